The third-order valence-corrected chi connectivity index (χ3v) is 4.07. The smallest absolute Gasteiger partial charge is 0.317 e. The Labute approximate surface area is 109 Å². The van der Waals surface area contributed by atoms with E-state index in [1.54, 1.807) is 7.05 Å². The van der Waals surface area contributed by atoms with Gasteiger partial charge >= 0.3 is 12.0 Å². The molecule has 18 heavy (non-hydrogen) atoms. The van der Waals surface area contributed by atoms with E-state index in [-0.39, 0.29) is 25.0 Å². The van der Waals surface area contributed by atoms with Crippen LogP contribution in [0.25, 0.3) is 0 Å². The van der Waals surface area contributed by atoms with Crippen LogP contribution >= 0.6 is 0 Å². The molecular formula is C13H24N2O3. The van der Waals surface area contributed by atoms with E-state index in [9.17, 15) is 9.59 Å². The molecule has 0 radical (unpaired) electrons. The van der Waals surface area contributed by atoms with Crippen molar-refractivity contribution in [1.82, 2.24) is 10.2 Å². The van der Waals surface area contributed by atoms with Gasteiger partial charge in [-0.3, -0.25) is 4.79 Å². The van der Waals surface area contributed by atoms with Gasteiger partial charge in [0.1, 0.15) is 0 Å². The Morgan fingerprint density at radius 2 is 2.06 bits per heavy atom. The summed E-state index contributed by atoms with van der Waals surface area (Å²) in [6, 6.07) is 0.0691. The lowest BCUT2D eigenvalue weighted by molar-refractivity contribution is -0.137. The first-order valence-corrected chi connectivity index (χ1v) is 6.69. The molecule has 5 nitrogen and oxygen atoms in total. The summed E-state index contributed by atoms with van der Waals surface area (Å²) in [6.45, 7) is 4.62. The maximum Gasteiger partial charge on any atom is 0.317 e. The molecule has 1 rings (SSSR count). The molecule has 2 N–H and O–H groups in total. The van der Waals surface area contributed by atoms with Crippen molar-refractivity contribution >= 4 is 12.0 Å². The minimum absolute atomic E-state index is 0.0122. The third kappa shape index (κ3) is 3.89. The Kier molecular flexibility index (Phi) is 5.44. The standard InChI is InChI=1S/C13H24N2O3/c1-4-10-5-6-11(9(10)2)14-13(18)15(3)8-7-12(16)17/h9-11H,4-8H2,1-3H3,(H,14,18)(H,16,17). The highest BCUT2D eigenvalue weighted by molar-refractivity contribution is 5.75. The highest BCUT2D eigenvalue weighted by Gasteiger charge is 2.32. The van der Waals surface area contributed by atoms with Crippen molar-refractivity contribution in [2.75, 3.05) is 13.6 Å². The zero-order valence-electron chi connectivity index (χ0n) is 11.5. The van der Waals surface area contributed by atoms with Crippen molar-refractivity contribution in [2.24, 2.45) is 11.8 Å². The molecule has 2 amide bonds. The number of nitrogens with zero attached hydrogens (tertiary/aromatic N) is 1. The quantitative estimate of drug-likeness (QED) is 0.789. The zero-order valence-corrected chi connectivity index (χ0v) is 11.5. The van der Waals surface area contributed by atoms with Gasteiger partial charge in [-0.05, 0) is 24.7 Å². The molecule has 0 bridgehead atoms. The van der Waals surface area contributed by atoms with Crippen LogP contribution in [0.15, 0.2) is 0 Å². The van der Waals surface area contributed by atoms with Crippen molar-refractivity contribution < 1.29 is 14.7 Å². The van der Waals surface area contributed by atoms with Crippen molar-refractivity contribution in [3.05, 3.63) is 0 Å². The number of hydrogen-bond acceptors (Lipinski definition) is 2. The summed E-state index contributed by atoms with van der Waals surface area (Å²) in [4.78, 5) is 23.8. The van der Waals surface area contributed by atoms with Gasteiger partial charge in [0.05, 0.1) is 6.42 Å². The van der Waals surface area contributed by atoms with Crippen LogP contribution in [0.2, 0.25) is 0 Å². The number of urea groups is 1. The van der Waals surface area contributed by atoms with E-state index >= 15 is 0 Å². The predicted molar refractivity (Wildman–Crippen MR) is 69.4 cm³/mol. The number of carbonyl (C=O) groups is 2. The molecule has 0 spiro atoms. The van der Waals surface area contributed by atoms with E-state index in [0.717, 1.165) is 12.8 Å². The lowest BCUT2D eigenvalue weighted by Crippen LogP contribution is -2.45. The average molecular weight is 256 g/mol. The molecule has 1 aliphatic rings. The summed E-state index contributed by atoms with van der Waals surface area (Å²) in [5.41, 5.74) is 0. The van der Waals surface area contributed by atoms with Gasteiger partial charge in [-0.1, -0.05) is 20.3 Å². The van der Waals surface area contributed by atoms with Gasteiger partial charge in [-0.2, -0.15) is 0 Å². The van der Waals surface area contributed by atoms with Crippen LogP contribution in [0.4, 0.5) is 4.79 Å². The first-order chi connectivity index (χ1) is 8.45. The Hall–Kier alpha value is -1.26. The lowest BCUT2D eigenvalue weighted by Gasteiger charge is -2.24. The molecule has 0 aromatic carbocycles. The minimum Gasteiger partial charge on any atom is -0.481 e. The maximum absolute atomic E-state index is 11.9. The second kappa shape index (κ2) is 6.61. The zero-order chi connectivity index (χ0) is 13.7. The number of carboxylic acids is 1. The second-order valence-corrected chi connectivity index (χ2v) is 5.23. The highest BCUT2D eigenvalue weighted by atomic mass is 16.4. The van der Waals surface area contributed by atoms with Gasteiger partial charge in [0.15, 0.2) is 0 Å². The van der Waals surface area contributed by atoms with Gasteiger partial charge in [0, 0.05) is 19.6 Å². The van der Waals surface area contributed by atoms with Gasteiger partial charge in [0.2, 0.25) is 0 Å². The van der Waals surface area contributed by atoms with E-state index in [4.69, 9.17) is 5.11 Å². The van der Waals surface area contributed by atoms with E-state index in [1.165, 1.54) is 11.3 Å². The maximum atomic E-state index is 11.9. The molecular weight excluding hydrogens is 232 g/mol. The Morgan fingerprint density at radius 3 is 2.56 bits per heavy atom. The van der Waals surface area contributed by atoms with Crippen LogP contribution in [0.1, 0.15) is 39.5 Å². The fourth-order valence-corrected chi connectivity index (χ4v) is 2.66. The van der Waals surface area contributed by atoms with E-state index in [1.807, 2.05) is 0 Å². The van der Waals surface area contributed by atoms with Crippen molar-refractivity contribution in [1.29, 1.82) is 0 Å². The largest absolute Gasteiger partial charge is 0.481 e. The van der Waals surface area contributed by atoms with Crippen molar-refractivity contribution in [3.8, 4) is 0 Å². The summed E-state index contributed by atoms with van der Waals surface area (Å²) < 4.78 is 0. The summed E-state index contributed by atoms with van der Waals surface area (Å²) in [5, 5.41) is 11.6. The van der Waals surface area contributed by atoms with Crippen LogP contribution in [0, 0.1) is 11.8 Å². The molecule has 5 heteroatoms. The SMILES string of the molecule is CCC1CCC(NC(=O)N(C)CCC(=O)O)C1C. The van der Waals surface area contributed by atoms with Gasteiger partial charge < -0.3 is 15.3 Å². The number of aliphatic carboxylic acids is 1. The molecule has 0 heterocycles. The first kappa shape index (κ1) is 14.8. The fourth-order valence-electron chi connectivity index (χ4n) is 2.66. The first-order valence-electron chi connectivity index (χ1n) is 6.69. The molecule has 1 aliphatic carbocycles. The highest BCUT2D eigenvalue weighted by Crippen LogP contribution is 2.33. The molecule has 0 saturated heterocycles. The van der Waals surface area contributed by atoms with Crippen LogP contribution in [0.3, 0.4) is 0 Å². The Morgan fingerprint density at radius 1 is 1.39 bits per heavy atom. The number of hydrogen-bond donors (Lipinski definition) is 2. The number of nitrogens with one attached hydrogen (secondary N) is 1. The van der Waals surface area contributed by atoms with Gasteiger partial charge in [-0.15, -0.1) is 0 Å². The summed E-state index contributed by atoms with van der Waals surface area (Å²) in [7, 11) is 1.63. The van der Waals surface area contributed by atoms with Crippen molar-refractivity contribution in [2.45, 2.75) is 45.6 Å². The summed E-state index contributed by atoms with van der Waals surface area (Å²) in [5.74, 6) is 0.321. The molecule has 0 aromatic rings. The normalized spacial score (nSPS) is 26.9. The Balaban J connectivity index is 2.38. The molecule has 1 saturated carbocycles. The predicted octanol–water partition coefficient (Wildman–Crippen LogP) is 1.93. The molecule has 104 valence electrons. The average Bonchev–Trinajstić information content (AvgIpc) is 2.67. The van der Waals surface area contributed by atoms with Crippen molar-refractivity contribution in [3.63, 3.8) is 0 Å². The van der Waals surface area contributed by atoms with Crippen LogP contribution < -0.4 is 5.32 Å². The van der Waals surface area contributed by atoms with Crippen LogP contribution in [-0.2, 0) is 4.79 Å². The van der Waals surface area contributed by atoms with Crippen LogP contribution in [0.5, 0.6) is 0 Å². The van der Waals surface area contributed by atoms with Gasteiger partial charge in [0.25, 0.3) is 0 Å². The van der Waals surface area contributed by atoms with E-state index in [0.29, 0.717) is 11.8 Å². The number of carboxylic acid groups (broad SMARTS) is 1. The minimum atomic E-state index is -0.880. The van der Waals surface area contributed by atoms with E-state index in [2.05, 4.69) is 19.2 Å². The number of carbonyl (C=O) groups excluding carboxylic acids is 1. The topological polar surface area (TPSA) is 69.6 Å². The second-order valence-electron chi connectivity index (χ2n) is 5.23. The lowest BCUT2D eigenvalue weighted by atomic mass is 9.93. The molecule has 0 aromatic heterocycles. The number of rotatable bonds is 5. The summed E-state index contributed by atoms with van der Waals surface area (Å²) in [6.07, 6.45) is 3.34. The Bertz CT molecular complexity index is 307. The fraction of sp³-hybridized carbons (Fsp3) is 0.846. The molecule has 3 unspecified atom stereocenters. The summed E-state index contributed by atoms with van der Waals surface area (Å²) >= 11 is 0. The molecule has 0 aliphatic heterocycles. The van der Waals surface area contributed by atoms with Crippen LogP contribution in [-0.4, -0.2) is 41.6 Å². The number of amides is 2. The molecule has 3 atom stereocenters. The third-order valence-electron chi connectivity index (χ3n) is 4.07. The van der Waals surface area contributed by atoms with Gasteiger partial charge in [-0.25, -0.2) is 4.79 Å². The van der Waals surface area contributed by atoms with E-state index < -0.39 is 5.97 Å². The monoisotopic (exact) mass is 256 g/mol. The molecule has 1 fully saturated rings.